The second-order valence-electron chi connectivity index (χ2n) is 8.68. The summed E-state index contributed by atoms with van der Waals surface area (Å²) in [5, 5.41) is 2.93. The number of amides is 2. The molecule has 1 fully saturated rings. The molecular weight excluding hydrogens is 422 g/mol. The van der Waals surface area contributed by atoms with Crippen molar-refractivity contribution in [2.24, 2.45) is 5.92 Å². The molecule has 1 N–H and O–H groups in total. The van der Waals surface area contributed by atoms with Gasteiger partial charge < -0.3 is 24.4 Å². The molecule has 1 saturated heterocycles. The van der Waals surface area contributed by atoms with E-state index in [0.29, 0.717) is 24.4 Å². The zero-order chi connectivity index (χ0) is 23.4. The number of rotatable bonds is 7. The van der Waals surface area contributed by atoms with Crippen LogP contribution in [-0.4, -0.2) is 67.7 Å². The highest BCUT2D eigenvalue weighted by Crippen LogP contribution is 2.32. The SMILES string of the molecule is COc1ccccc1C(=O)N[C@H](C(=O)N1CCN(Cc2ccc3c(c2)OCO3)CC1)C(C)C. The van der Waals surface area contributed by atoms with Crippen LogP contribution >= 0.6 is 0 Å². The van der Waals surface area contributed by atoms with E-state index in [4.69, 9.17) is 14.2 Å². The first-order valence-corrected chi connectivity index (χ1v) is 11.3. The molecule has 1 atom stereocenters. The number of para-hydroxylation sites is 1. The van der Waals surface area contributed by atoms with Crippen LogP contribution < -0.4 is 19.5 Å². The van der Waals surface area contributed by atoms with E-state index < -0.39 is 6.04 Å². The summed E-state index contributed by atoms with van der Waals surface area (Å²) in [5.74, 6) is 1.66. The summed E-state index contributed by atoms with van der Waals surface area (Å²) in [5.41, 5.74) is 1.58. The number of fused-ring (bicyclic) bond motifs is 1. The van der Waals surface area contributed by atoms with Gasteiger partial charge >= 0.3 is 0 Å². The number of carbonyl (C=O) groups is 2. The average Bonchev–Trinajstić information content (AvgIpc) is 3.30. The molecule has 176 valence electrons. The Bertz CT molecular complexity index is 1000. The number of piperazine rings is 1. The van der Waals surface area contributed by atoms with Gasteiger partial charge in [-0.3, -0.25) is 14.5 Å². The Morgan fingerprint density at radius 2 is 1.76 bits per heavy atom. The molecule has 2 aliphatic heterocycles. The third-order valence-corrected chi connectivity index (χ3v) is 6.10. The van der Waals surface area contributed by atoms with E-state index in [0.717, 1.165) is 36.7 Å². The molecule has 0 aromatic heterocycles. The van der Waals surface area contributed by atoms with E-state index in [9.17, 15) is 9.59 Å². The van der Waals surface area contributed by atoms with Crippen LogP contribution in [0.4, 0.5) is 0 Å². The normalized spacial score (nSPS) is 16.5. The fourth-order valence-corrected chi connectivity index (χ4v) is 4.19. The van der Waals surface area contributed by atoms with Crippen LogP contribution in [0.15, 0.2) is 42.5 Å². The minimum absolute atomic E-state index is 0.0391. The van der Waals surface area contributed by atoms with Gasteiger partial charge in [0, 0.05) is 32.7 Å². The molecular formula is C25H31N3O5. The van der Waals surface area contributed by atoms with Gasteiger partial charge in [0.25, 0.3) is 5.91 Å². The molecule has 4 rings (SSSR count). The van der Waals surface area contributed by atoms with Crippen LogP contribution in [0.5, 0.6) is 17.2 Å². The van der Waals surface area contributed by atoms with E-state index in [1.807, 2.05) is 43.0 Å². The van der Waals surface area contributed by atoms with Crippen molar-refractivity contribution in [1.82, 2.24) is 15.1 Å². The van der Waals surface area contributed by atoms with Crippen molar-refractivity contribution in [3.63, 3.8) is 0 Å². The summed E-state index contributed by atoms with van der Waals surface area (Å²) in [6, 6.07) is 12.4. The quantitative estimate of drug-likeness (QED) is 0.694. The first-order chi connectivity index (χ1) is 16.0. The van der Waals surface area contributed by atoms with Gasteiger partial charge in [-0.05, 0) is 35.7 Å². The lowest BCUT2D eigenvalue weighted by Gasteiger charge is -2.37. The molecule has 0 saturated carbocycles. The largest absolute Gasteiger partial charge is 0.496 e. The van der Waals surface area contributed by atoms with Crippen molar-refractivity contribution in [1.29, 1.82) is 0 Å². The Balaban J connectivity index is 1.34. The van der Waals surface area contributed by atoms with Crippen molar-refractivity contribution in [3.8, 4) is 17.2 Å². The van der Waals surface area contributed by atoms with Gasteiger partial charge in [-0.2, -0.15) is 0 Å². The van der Waals surface area contributed by atoms with Gasteiger partial charge in [0.15, 0.2) is 11.5 Å². The molecule has 33 heavy (non-hydrogen) atoms. The van der Waals surface area contributed by atoms with Crippen molar-refractivity contribution >= 4 is 11.8 Å². The summed E-state index contributed by atoms with van der Waals surface area (Å²) in [7, 11) is 1.53. The molecule has 0 spiro atoms. The van der Waals surface area contributed by atoms with Crippen molar-refractivity contribution in [2.45, 2.75) is 26.4 Å². The molecule has 0 radical (unpaired) electrons. The number of nitrogens with one attached hydrogen (secondary N) is 1. The number of ether oxygens (including phenoxy) is 3. The van der Waals surface area contributed by atoms with Crippen molar-refractivity contribution < 1.29 is 23.8 Å². The van der Waals surface area contributed by atoms with E-state index in [-0.39, 0.29) is 24.5 Å². The van der Waals surface area contributed by atoms with Gasteiger partial charge in [0.05, 0.1) is 12.7 Å². The third-order valence-electron chi connectivity index (χ3n) is 6.10. The van der Waals surface area contributed by atoms with E-state index in [1.54, 1.807) is 18.2 Å². The molecule has 2 amide bonds. The van der Waals surface area contributed by atoms with Gasteiger partial charge in [0.1, 0.15) is 11.8 Å². The number of carbonyl (C=O) groups excluding carboxylic acids is 2. The lowest BCUT2D eigenvalue weighted by molar-refractivity contribution is -0.136. The second kappa shape index (κ2) is 10.1. The van der Waals surface area contributed by atoms with Crippen molar-refractivity contribution in [2.75, 3.05) is 40.1 Å². The lowest BCUT2D eigenvalue weighted by atomic mass is 10.0. The van der Waals surface area contributed by atoms with E-state index in [2.05, 4.69) is 10.2 Å². The molecule has 8 nitrogen and oxygen atoms in total. The smallest absolute Gasteiger partial charge is 0.255 e. The van der Waals surface area contributed by atoms with E-state index in [1.165, 1.54) is 7.11 Å². The number of hydrogen-bond acceptors (Lipinski definition) is 6. The van der Waals surface area contributed by atoms with Crippen LogP contribution in [-0.2, 0) is 11.3 Å². The Hall–Kier alpha value is -3.26. The fraction of sp³-hybridized carbons (Fsp3) is 0.440. The van der Waals surface area contributed by atoms with Crippen molar-refractivity contribution in [3.05, 3.63) is 53.6 Å². The van der Waals surface area contributed by atoms with E-state index >= 15 is 0 Å². The highest BCUT2D eigenvalue weighted by Gasteiger charge is 2.31. The molecule has 8 heteroatoms. The fourth-order valence-electron chi connectivity index (χ4n) is 4.19. The molecule has 0 unspecified atom stereocenters. The van der Waals surface area contributed by atoms with Gasteiger partial charge in [-0.15, -0.1) is 0 Å². The Morgan fingerprint density at radius 3 is 2.48 bits per heavy atom. The topological polar surface area (TPSA) is 80.3 Å². The summed E-state index contributed by atoms with van der Waals surface area (Å²) in [6.07, 6.45) is 0. The van der Waals surface area contributed by atoms with Gasteiger partial charge in [-0.25, -0.2) is 0 Å². The Morgan fingerprint density at radius 1 is 1.03 bits per heavy atom. The summed E-state index contributed by atoms with van der Waals surface area (Å²) in [6.45, 7) is 7.73. The van der Waals surface area contributed by atoms with Crippen LogP contribution in [0.3, 0.4) is 0 Å². The maximum Gasteiger partial charge on any atom is 0.255 e. The zero-order valence-electron chi connectivity index (χ0n) is 19.4. The number of nitrogens with zero attached hydrogens (tertiary/aromatic N) is 2. The van der Waals surface area contributed by atoms with Crippen LogP contribution in [0.25, 0.3) is 0 Å². The lowest BCUT2D eigenvalue weighted by Crippen LogP contribution is -2.56. The molecule has 2 aromatic carbocycles. The first kappa shape index (κ1) is 22.9. The Labute approximate surface area is 194 Å². The summed E-state index contributed by atoms with van der Waals surface area (Å²) in [4.78, 5) is 30.3. The third kappa shape index (κ3) is 5.22. The van der Waals surface area contributed by atoms with Gasteiger partial charge in [-0.1, -0.05) is 32.0 Å². The molecule has 0 aliphatic carbocycles. The number of methoxy groups -OCH3 is 1. The second-order valence-corrected chi connectivity index (χ2v) is 8.68. The minimum atomic E-state index is -0.595. The molecule has 2 aliphatic rings. The number of hydrogen-bond donors (Lipinski definition) is 1. The number of benzene rings is 2. The monoisotopic (exact) mass is 453 g/mol. The highest BCUT2D eigenvalue weighted by molar-refractivity contribution is 5.99. The average molecular weight is 454 g/mol. The minimum Gasteiger partial charge on any atom is -0.496 e. The molecule has 2 aromatic rings. The highest BCUT2D eigenvalue weighted by atomic mass is 16.7. The maximum atomic E-state index is 13.3. The molecule has 0 bridgehead atoms. The van der Waals surface area contributed by atoms with Crippen LogP contribution in [0.1, 0.15) is 29.8 Å². The van der Waals surface area contributed by atoms with Crippen LogP contribution in [0, 0.1) is 5.92 Å². The predicted octanol–water partition coefficient (Wildman–Crippen LogP) is 2.52. The van der Waals surface area contributed by atoms with Crippen LogP contribution in [0.2, 0.25) is 0 Å². The standard InChI is InChI=1S/C25H31N3O5/c1-17(2)23(26-24(29)19-6-4-5-7-20(19)31-3)25(30)28-12-10-27(11-13-28)15-18-8-9-21-22(14-18)33-16-32-21/h4-9,14,17,23H,10-13,15-16H2,1-3H3,(H,26,29)/t23-/m0/s1. The zero-order valence-corrected chi connectivity index (χ0v) is 19.4. The maximum absolute atomic E-state index is 13.3. The predicted molar refractivity (Wildman–Crippen MR) is 124 cm³/mol. The summed E-state index contributed by atoms with van der Waals surface area (Å²) >= 11 is 0. The molecule has 2 heterocycles. The Kier molecular flexibility index (Phi) is 7.03. The van der Waals surface area contributed by atoms with Gasteiger partial charge in [0.2, 0.25) is 12.7 Å². The summed E-state index contributed by atoms with van der Waals surface area (Å²) < 4.78 is 16.1. The first-order valence-electron chi connectivity index (χ1n) is 11.3.